The predicted octanol–water partition coefficient (Wildman–Crippen LogP) is 2.02. The van der Waals surface area contributed by atoms with Crippen LogP contribution < -0.4 is 11.1 Å². The fourth-order valence-corrected chi connectivity index (χ4v) is 2.11. The predicted molar refractivity (Wildman–Crippen MR) is 64.2 cm³/mol. The zero-order chi connectivity index (χ0) is 10.7. The highest BCUT2D eigenvalue weighted by Gasteiger charge is 2.03. The molecular formula is C10H14N4S. The molecule has 2 aromatic heterocycles. The van der Waals surface area contributed by atoms with Crippen LogP contribution in [0.15, 0.2) is 17.5 Å². The van der Waals surface area contributed by atoms with Gasteiger partial charge in [0.1, 0.15) is 11.6 Å². The second kappa shape index (κ2) is 4.35. The minimum absolute atomic E-state index is 0.610. The summed E-state index contributed by atoms with van der Waals surface area (Å²) in [6.45, 7) is 2.75. The van der Waals surface area contributed by atoms with Gasteiger partial charge in [-0.3, -0.25) is 0 Å². The van der Waals surface area contributed by atoms with E-state index in [1.807, 2.05) is 6.92 Å². The number of nitrogens with two attached hydrogens (primary N) is 1. The number of H-pyrrole nitrogens is 1. The molecule has 0 saturated heterocycles. The average molecular weight is 222 g/mol. The molecule has 0 atom stereocenters. The SMILES string of the molecule is Cc1nc(NCCc2cccs2)c(N)[nH]1. The number of rotatable bonds is 4. The standard InChI is InChI=1S/C10H14N4S/c1-7-13-9(11)10(14-7)12-5-4-8-3-2-6-15-8/h2-3,6,12H,4-5,11H2,1H3,(H,13,14). The minimum Gasteiger partial charge on any atom is -0.382 e. The van der Waals surface area contributed by atoms with Crippen LogP contribution in [-0.4, -0.2) is 16.5 Å². The first kappa shape index (κ1) is 10.0. The van der Waals surface area contributed by atoms with E-state index in [1.165, 1.54) is 4.88 Å². The van der Waals surface area contributed by atoms with Gasteiger partial charge in [0, 0.05) is 11.4 Å². The Morgan fingerprint density at radius 2 is 2.47 bits per heavy atom. The number of thiophene rings is 1. The summed E-state index contributed by atoms with van der Waals surface area (Å²) in [6, 6.07) is 4.19. The first-order chi connectivity index (χ1) is 7.25. The molecule has 0 aromatic carbocycles. The summed E-state index contributed by atoms with van der Waals surface area (Å²) in [5, 5.41) is 5.30. The molecule has 0 aliphatic carbocycles. The normalized spacial score (nSPS) is 10.5. The number of imidazole rings is 1. The highest BCUT2D eigenvalue weighted by Crippen LogP contribution is 2.14. The third-order valence-electron chi connectivity index (χ3n) is 2.09. The van der Waals surface area contributed by atoms with Crippen LogP contribution in [0.25, 0.3) is 0 Å². The second-order valence-electron chi connectivity index (χ2n) is 3.34. The zero-order valence-electron chi connectivity index (χ0n) is 8.58. The minimum atomic E-state index is 0.610. The van der Waals surface area contributed by atoms with E-state index in [0.29, 0.717) is 5.82 Å². The third-order valence-corrected chi connectivity index (χ3v) is 3.03. The van der Waals surface area contributed by atoms with Gasteiger partial charge in [0.15, 0.2) is 5.82 Å². The molecule has 0 radical (unpaired) electrons. The fraction of sp³-hybridized carbons (Fsp3) is 0.300. The van der Waals surface area contributed by atoms with Gasteiger partial charge < -0.3 is 16.0 Å². The summed E-state index contributed by atoms with van der Waals surface area (Å²) in [4.78, 5) is 8.57. The molecule has 4 N–H and O–H groups in total. The monoisotopic (exact) mass is 222 g/mol. The Bertz CT molecular complexity index is 419. The van der Waals surface area contributed by atoms with Gasteiger partial charge >= 0.3 is 0 Å². The number of aromatic amines is 1. The Balaban J connectivity index is 1.86. The molecule has 0 spiro atoms. The van der Waals surface area contributed by atoms with Gasteiger partial charge in [0.05, 0.1) is 0 Å². The van der Waals surface area contributed by atoms with Crippen LogP contribution in [0.3, 0.4) is 0 Å². The van der Waals surface area contributed by atoms with Gasteiger partial charge in [-0.1, -0.05) is 6.07 Å². The maximum Gasteiger partial charge on any atom is 0.168 e. The molecule has 0 aliphatic rings. The molecule has 0 amide bonds. The molecule has 0 aliphatic heterocycles. The molecule has 2 rings (SSSR count). The first-order valence-corrected chi connectivity index (χ1v) is 5.72. The van der Waals surface area contributed by atoms with E-state index in [-0.39, 0.29) is 0 Å². The van der Waals surface area contributed by atoms with Crippen molar-refractivity contribution in [2.24, 2.45) is 0 Å². The summed E-state index contributed by atoms with van der Waals surface area (Å²) in [5.74, 6) is 2.20. The van der Waals surface area contributed by atoms with E-state index in [4.69, 9.17) is 5.73 Å². The van der Waals surface area contributed by atoms with Gasteiger partial charge in [0.2, 0.25) is 0 Å². The van der Waals surface area contributed by atoms with Crippen molar-refractivity contribution in [1.82, 2.24) is 9.97 Å². The lowest BCUT2D eigenvalue weighted by molar-refractivity contribution is 1.03. The number of hydrogen-bond donors (Lipinski definition) is 3. The second-order valence-corrected chi connectivity index (χ2v) is 4.37. The molecule has 2 heterocycles. The van der Waals surface area contributed by atoms with Crippen molar-refractivity contribution in [3.63, 3.8) is 0 Å². The van der Waals surface area contributed by atoms with Gasteiger partial charge in [-0.05, 0) is 24.8 Å². The molecular weight excluding hydrogens is 208 g/mol. The largest absolute Gasteiger partial charge is 0.382 e. The molecule has 2 aromatic rings. The van der Waals surface area contributed by atoms with Gasteiger partial charge in [-0.2, -0.15) is 0 Å². The van der Waals surface area contributed by atoms with Crippen molar-refractivity contribution in [3.05, 3.63) is 28.2 Å². The van der Waals surface area contributed by atoms with Crippen LogP contribution in [0, 0.1) is 6.92 Å². The Hall–Kier alpha value is -1.49. The van der Waals surface area contributed by atoms with Crippen LogP contribution >= 0.6 is 11.3 Å². The third kappa shape index (κ3) is 2.50. The van der Waals surface area contributed by atoms with E-state index in [0.717, 1.165) is 24.6 Å². The van der Waals surface area contributed by atoms with Crippen LogP contribution in [0.5, 0.6) is 0 Å². The smallest absolute Gasteiger partial charge is 0.168 e. The van der Waals surface area contributed by atoms with Crippen molar-refractivity contribution in [1.29, 1.82) is 0 Å². The van der Waals surface area contributed by atoms with Gasteiger partial charge in [0.25, 0.3) is 0 Å². The van der Waals surface area contributed by atoms with E-state index >= 15 is 0 Å². The Morgan fingerprint density at radius 3 is 3.07 bits per heavy atom. The van der Waals surface area contributed by atoms with Crippen molar-refractivity contribution in [3.8, 4) is 0 Å². The number of nitrogen functional groups attached to an aromatic ring is 1. The molecule has 0 bridgehead atoms. The van der Waals surface area contributed by atoms with Crippen LogP contribution in [-0.2, 0) is 6.42 Å². The van der Waals surface area contributed by atoms with E-state index in [2.05, 4.69) is 32.8 Å². The molecule has 0 unspecified atom stereocenters. The lowest BCUT2D eigenvalue weighted by Gasteiger charge is -2.01. The molecule has 5 heteroatoms. The molecule has 0 fully saturated rings. The highest BCUT2D eigenvalue weighted by atomic mass is 32.1. The average Bonchev–Trinajstić information content (AvgIpc) is 2.77. The topological polar surface area (TPSA) is 66.7 Å². The fourth-order valence-electron chi connectivity index (χ4n) is 1.40. The van der Waals surface area contributed by atoms with Crippen LogP contribution in [0.4, 0.5) is 11.6 Å². The lowest BCUT2D eigenvalue weighted by Crippen LogP contribution is -2.06. The van der Waals surface area contributed by atoms with E-state index in [9.17, 15) is 0 Å². The van der Waals surface area contributed by atoms with Crippen LogP contribution in [0.1, 0.15) is 10.7 Å². The quantitative estimate of drug-likeness (QED) is 0.741. The molecule has 4 nitrogen and oxygen atoms in total. The summed E-state index contributed by atoms with van der Waals surface area (Å²) < 4.78 is 0. The number of hydrogen-bond acceptors (Lipinski definition) is 4. The van der Waals surface area contributed by atoms with Crippen molar-refractivity contribution in [2.45, 2.75) is 13.3 Å². The van der Waals surface area contributed by atoms with Crippen molar-refractivity contribution < 1.29 is 0 Å². The molecule has 0 saturated carbocycles. The van der Waals surface area contributed by atoms with Crippen molar-refractivity contribution in [2.75, 3.05) is 17.6 Å². The summed E-state index contributed by atoms with van der Waals surface area (Å²) in [5.41, 5.74) is 5.72. The first-order valence-electron chi connectivity index (χ1n) is 4.84. The zero-order valence-corrected chi connectivity index (χ0v) is 9.40. The van der Waals surface area contributed by atoms with Gasteiger partial charge in [-0.15, -0.1) is 11.3 Å². The van der Waals surface area contributed by atoms with Gasteiger partial charge in [-0.25, -0.2) is 4.98 Å². The molecule has 80 valence electrons. The number of aromatic nitrogens is 2. The Labute approximate surface area is 92.5 Å². The maximum atomic E-state index is 5.72. The van der Waals surface area contributed by atoms with E-state index < -0.39 is 0 Å². The number of anilines is 2. The number of nitrogens with zero attached hydrogens (tertiary/aromatic N) is 1. The van der Waals surface area contributed by atoms with Crippen molar-refractivity contribution >= 4 is 23.0 Å². The van der Waals surface area contributed by atoms with E-state index in [1.54, 1.807) is 11.3 Å². The number of nitrogens with one attached hydrogen (secondary N) is 2. The number of aryl methyl sites for hydroxylation is 1. The highest BCUT2D eigenvalue weighted by molar-refractivity contribution is 7.09. The maximum absolute atomic E-state index is 5.72. The summed E-state index contributed by atoms with van der Waals surface area (Å²) in [7, 11) is 0. The Kier molecular flexibility index (Phi) is 2.91. The Morgan fingerprint density at radius 1 is 1.60 bits per heavy atom. The molecule has 15 heavy (non-hydrogen) atoms. The summed E-state index contributed by atoms with van der Waals surface area (Å²) in [6.07, 6.45) is 1.00. The lowest BCUT2D eigenvalue weighted by atomic mass is 10.3. The summed E-state index contributed by atoms with van der Waals surface area (Å²) >= 11 is 1.77. The van der Waals surface area contributed by atoms with Crippen LogP contribution in [0.2, 0.25) is 0 Å².